The summed E-state index contributed by atoms with van der Waals surface area (Å²) < 4.78 is 0. The molecule has 2 heterocycles. The van der Waals surface area contributed by atoms with E-state index < -0.39 is 0 Å². The molecule has 3 aliphatic rings. The number of pyridine rings is 1. The molecular weight excluding hydrogens is 528 g/mol. The number of carbonyl (C=O) groups excluding carboxylic acids is 2. The van der Waals surface area contributed by atoms with E-state index >= 15 is 0 Å². The van der Waals surface area contributed by atoms with Crippen LogP contribution in [0.3, 0.4) is 0 Å². The summed E-state index contributed by atoms with van der Waals surface area (Å²) in [5.74, 6) is 1.06. The molecule has 10 heteroatoms. The Morgan fingerprint density at radius 1 is 1.14 bits per heavy atom. The number of likely N-dealkylation sites (N-methyl/N-ethyl adjacent to an activating group) is 1. The van der Waals surface area contributed by atoms with E-state index in [1.807, 2.05) is 29.2 Å². The Balaban J connectivity index is 1.36. The molecule has 1 atom stereocenters. The van der Waals surface area contributed by atoms with Crippen LogP contribution in [0.5, 0.6) is 0 Å². The normalized spacial score (nSPS) is 22.5. The maximum absolute atomic E-state index is 13.7. The van der Waals surface area contributed by atoms with Crippen molar-refractivity contribution < 1.29 is 9.59 Å². The molecule has 2 aromatic rings. The molecule has 2 saturated carbocycles. The summed E-state index contributed by atoms with van der Waals surface area (Å²) in [7, 11) is 2.13. The Labute approximate surface area is 249 Å². The number of urea groups is 1. The van der Waals surface area contributed by atoms with Crippen molar-refractivity contribution in [3.63, 3.8) is 0 Å². The highest BCUT2D eigenvalue weighted by Gasteiger charge is 2.32. The first-order chi connectivity index (χ1) is 20.3. The van der Waals surface area contributed by atoms with E-state index in [9.17, 15) is 9.59 Å². The number of hydrogen-bond acceptors (Lipinski definition) is 6. The molecule has 0 radical (unpaired) electrons. The zero-order valence-corrected chi connectivity index (χ0v) is 24.7. The van der Waals surface area contributed by atoms with Gasteiger partial charge in [-0.3, -0.25) is 14.7 Å². The van der Waals surface area contributed by atoms with Gasteiger partial charge in [0.1, 0.15) is 5.82 Å². The minimum atomic E-state index is -0.273. The van der Waals surface area contributed by atoms with Gasteiger partial charge in [0, 0.05) is 56.2 Å². The van der Waals surface area contributed by atoms with Crippen molar-refractivity contribution in [1.82, 2.24) is 15.2 Å². The lowest BCUT2D eigenvalue weighted by Crippen LogP contribution is -2.50. The maximum Gasteiger partial charge on any atom is 0.322 e. The van der Waals surface area contributed by atoms with Crippen LogP contribution >= 0.6 is 0 Å². The van der Waals surface area contributed by atoms with Gasteiger partial charge in [-0.25, -0.2) is 9.64 Å². The van der Waals surface area contributed by atoms with Crippen molar-refractivity contribution in [3.05, 3.63) is 60.6 Å². The van der Waals surface area contributed by atoms with Crippen LogP contribution in [0.15, 0.2) is 49.2 Å². The first-order valence-corrected chi connectivity index (χ1v) is 15.0. The van der Waals surface area contributed by atoms with E-state index in [0.717, 1.165) is 75.4 Å². The van der Waals surface area contributed by atoms with E-state index in [-0.39, 0.29) is 24.0 Å². The SMILES string of the molecule is [C-]#[N+]c1ccc(NC2CCC(N(C(=O)NCC3CC3)c3ccc(N4CCN(C)[C@@H](C)C4)c(NC(=O)C=C)c3)CC2)nc1. The van der Waals surface area contributed by atoms with Gasteiger partial charge < -0.3 is 25.8 Å². The number of nitrogens with zero attached hydrogens (tertiary/aromatic N) is 5. The average Bonchev–Trinajstić information content (AvgIpc) is 3.84. The molecule has 3 N–H and O–H groups in total. The van der Waals surface area contributed by atoms with Gasteiger partial charge in [-0.05, 0) is 88.8 Å². The first-order valence-electron chi connectivity index (χ1n) is 15.0. The van der Waals surface area contributed by atoms with Gasteiger partial charge in [0.2, 0.25) is 11.6 Å². The fourth-order valence-corrected chi connectivity index (χ4v) is 5.86. The second kappa shape index (κ2) is 13.3. The molecule has 0 bridgehead atoms. The van der Waals surface area contributed by atoms with Crippen LogP contribution in [-0.2, 0) is 4.79 Å². The van der Waals surface area contributed by atoms with Crippen molar-refractivity contribution in [3.8, 4) is 0 Å². The molecule has 0 unspecified atom stereocenters. The number of rotatable bonds is 9. The zero-order valence-electron chi connectivity index (χ0n) is 24.7. The molecule has 5 rings (SSSR count). The fourth-order valence-electron chi connectivity index (χ4n) is 5.86. The number of piperazine rings is 1. The van der Waals surface area contributed by atoms with Crippen LogP contribution in [0.2, 0.25) is 0 Å². The fraction of sp³-hybridized carbons (Fsp3) is 0.500. The van der Waals surface area contributed by atoms with Crippen LogP contribution in [0.4, 0.5) is 33.4 Å². The number of nitrogens with one attached hydrogen (secondary N) is 3. The third-order valence-corrected chi connectivity index (χ3v) is 8.75. The van der Waals surface area contributed by atoms with Crippen LogP contribution in [-0.4, -0.2) is 73.2 Å². The monoisotopic (exact) mass is 570 g/mol. The van der Waals surface area contributed by atoms with E-state index in [1.165, 1.54) is 6.08 Å². The standard InChI is InChI=1S/C32H42N8O2/c1-5-31(41)37-28-18-27(13-14-29(28)39-17-16-38(4)22(2)21-39)40(32(42)35-19-23-6-7-23)26-11-8-24(9-12-26)36-30-15-10-25(33-3)20-34-30/h5,10,13-15,18,20,22-24,26H,1,6-9,11-12,16-17,19,21H2,2,4H3,(H,34,36)(H,35,42)(H,37,41)/t22-,24?,26?/m0/s1. The Morgan fingerprint density at radius 3 is 2.57 bits per heavy atom. The van der Waals surface area contributed by atoms with Crippen molar-refractivity contribution >= 4 is 40.5 Å². The molecule has 222 valence electrons. The summed E-state index contributed by atoms with van der Waals surface area (Å²) in [4.78, 5) is 40.5. The molecule has 3 fully saturated rings. The Hall–Kier alpha value is -4.10. The molecule has 0 spiro atoms. The zero-order chi connectivity index (χ0) is 29.6. The summed E-state index contributed by atoms with van der Waals surface area (Å²) >= 11 is 0. The van der Waals surface area contributed by atoms with Crippen molar-refractivity contribution in [2.75, 3.05) is 53.7 Å². The number of carbonyl (C=O) groups is 2. The predicted octanol–water partition coefficient (Wildman–Crippen LogP) is 5.25. The van der Waals surface area contributed by atoms with E-state index in [1.54, 1.807) is 12.3 Å². The molecule has 42 heavy (non-hydrogen) atoms. The van der Waals surface area contributed by atoms with Crippen molar-refractivity contribution in [1.29, 1.82) is 0 Å². The highest BCUT2D eigenvalue weighted by atomic mass is 16.2. The summed E-state index contributed by atoms with van der Waals surface area (Å²) in [6, 6.07) is 10.2. The minimum absolute atomic E-state index is 0.0252. The smallest absolute Gasteiger partial charge is 0.322 e. The molecule has 2 aliphatic carbocycles. The highest BCUT2D eigenvalue weighted by Crippen LogP contribution is 2.36. The van der Waals surface area contributed by atoms with Gasteiger partial charge in [-0.15, -0.1) is 0 Å². The van der Waals surface area contributed by atoms with Gasteiger partial charge in [-0.2, -0.15) is 0 Å². The van der Waals surface area contributed by atoms with Gasteiger partial charge in [-0.1, -0.05) is 12.6 Å². The number of benzene rings is 1. The van der Waals surface area contributed by atoms with Crippen molar-refractivity contribution in [2.24, 2.45) is 5.92 Å². The minimum Gasteiger partial charge on any atom is -0.367 e. The Bertz CT molecular complexity index is 1310. The van der Waals surface area contributed by atoms with Gasteiger partial charge in [0.05, 0.1) is 17.9 Å². The number of aromatic nitrogens is 1. The molecule has 3 amide bonds. The summed E-state index contributed by atoms with van der Waals surface area (Å²) in [5, 5.41) is 9.70. The van der Waals surface area contributed by atoms with Crippen LogP contribution in [0.1, 0.15) is 45.4 Å². The second-order valence-electron chi connectivity index (χ2n) is 11.8. The third kappa shape index (κ3) is 7.21. The Morgan fingerprint density at radius 2 is 1.93 bits per heavy atom. The maximum atomic E-state index is 13.7. The lowest BCUT2D eigenvalue weighted by atomic mass is 9.89. The van der Waals surface area contributed by atoms with Gasteiger partial charge in [0.25, 0.3) is 0 Å². The number of hydrogen-bond donors (Lipinski definition) is 3. The van der Waals surface area contributed by atoms with Crippen molar-refractivity contribution in [2.45, 2.75) is 63.6 Å². The first kappa shape index (κ1) is 29.4. The van der Waals surface area contributed by atoms with Crippen LogP contribution in [0.25, 0.3) is 4.85 Å². The lowest BCUT2D eigenvalue weighted by Gasteiger charge is -2.40. The predicted molar refractivity (Wildman–Crippen MR) is 168 cm³/mol. The summed E-state index contributed by atoms with van der Waals surface area (Å²) in [6.45, 7) is 16.3. The summed E-state index contributed by atoms with van der Waals surface area (Å²) in [5.41, 5.74) is 2.95. The van der Waals surface area contributed by atoms with E-state index in [4.69, 9.17) is 6.57 Å². The van der Waals surface area contributed by atoms with E-state index in [2.05, 4.69) is 56.1 Å². The molecule has 10 nitrogen and oxygen atoms in total. The number of amides is 3. The molecule has 1 aromatic heterocycles. The van der Waals surface area contributed by atoms with Gasteiger partial charge in [0.15, 0.2) is 0 Å². The largest absolute Gasteiger partial charge is 0.367 e. The number of anilines is 4. The third-order valence-electron chi connectivity index (χ3n) is 8.75. The molecule has 1 aromatic carbocycles. The Kier molecular flexibility index (Phi) is 9.28. The quantitative estimate of drug-likeness (QED) is 0.282. The van der Waals surface area contributed by atoms with Crippen LogP contribution < -0.4 is 25.8 Å². The highest BCUT2D eigenvalue weighted by molar-refractivity contribution is 6.02. The topological polar surface area (TPSA) is 97.2 Å². The van der Waals surface area contributed by atoms with E-state index in [0.29, 0.717) is 29.9 Å². The lowest BCUT2D eigenvalue weighted by molar-refractivity contribution is -0.111. The molecule has 1 aliphatic heterocycles. The second-order valence-corrected chi connectivity index (χ2v) is 11.8. The average molecular weight is 571 g/mol. The van der Waals surface area contributed by atoms with Crippen LogP contribution in [0, 0.1) is 12.5 Å². The molecule has 1 saturated heterocycles. The van der Waals surface area contributed by atoms with Gasteiger partial charge >= 0.3 is 6.03 Å². The molecular formula is C32H42N8O2. The summed E-state index contributed by atoms with van der Waals surface area (Å²) in [6.07, 6.45) is 8.64.